The van der Waals surface area contributed by atoms with Gasteiger partial charge in [0.25, 0.3) is 6.47 Å². The number of carbonyl (C=O) groups is 1. The van der Waals surface area contributed by atoms with Crippen molar-refractivity contribution >= 4 is 6.47 Å². The van der Waals surface area contributed by atoms with Crippen molar-refractivity contribution in [3.8, 4) is 0 Å². The molecule has 0 aromatic rings. The van der Waals surface area contributed by atoms with E-state index in [9.17, 15) is 4.79 Å². The number of hydrogen-bond acceptors (Lipinski definition) is 3. The second-order valence-corrected chi connectivity index (χ2v) is 2.89. The van der Waals surface area contributed by atoms with Crippen LogP contribution in [0, 0.1) is 5.92 Å². The fourth-order valence-electron chi connectivity index (χ4n) is 1.38. The second kappa shape index (κ2) is 4.34. The molecule has 0 amide bonds. The Bertz CT molecular complexity index is 119. The first kappa shape index (κ1) is 8.53. The zero-order chi connectivity index (χ0) is 8.10. The molecular weight excluding hydrogens is 144 g/mol. The monoisotopic (exact) mass is 158 g/mol. The Kier molecular flexibility index (Phi) is 3.36. The van der Waals surface area contributed by atoms with Gasteiger partial charge in [0.15, 0.2) is 0 Å². The average molecular weight is 158 g/mol. The zero-order valence-electron chi connectivity index (χ0n) is 6.79. The first-order chi connectivity index (χ1) is 5.34. The molecule has 0 bridgehead atoms. The average Bonchev–Trinajstić information content (AvgIpc) is 2.07. The van der Waals surface area contributed by atoms with Crippen molar-refractivity contribution in [1.82, 2.24) is 0 Å². The lowest BCUT2D eigenvalue weighted by molar-refractivity contribution is -0.136. The van der Waals surface area contributed by atoms with Crippen LogP contribution in [0.15, 0.2) is 0 Å². The number of rotatable bonds is 3. The van der Waals surface area contributed by atoms with Crippen LogP contribution in [-0.2, 0) is 14.3 Å². The highest BCUT2D eigenvalue weighted by Crippen LogP contribution is 2.19. The van der Waals surface area contributed by atoms with Gasteiger partial charge in [-0.3, -0.25) is 4.79 Å². The molecule has 11 heavy (non-hydrogen) atoms. The molecular formula is C8H14O3. The normalized spacial score (nSPS) is 22.6. The summed E-state index contributed by atoms with van der Waals surface area (Å²) >= 11 is 0. The Morgan fingerprint density at radius 2 is 2.18 bits per heavy atom. The first-order valence-corrected chi connectivity index (χ1v) is 4.01. The van der Waals surface area contributed by atoms with Gasteiger partial charge in [-0.25, -0.2) is 0 Å². The Hall–Kier alpha value is -0.570. The molecule has 1 saturated heterocycles. The lowest BCUT2D eigenvalue weighted by Gasteiger charge is -2.26. The maximum atomic E-state index is 10.0. The van der Waals surface area contributed by atoms with Crippen LogP contribution < -0.4 is 0 Å². The molecule has 0 aromatic heterocycles. The minimum absolute atomic E-state index is 0.0522. The lowest BCUT2D eigenvalue weighted by Crippen LogP contribution is -2.26. The van der Waals surface area contributed by atoms with Crippen LogP contribution in [0.5, 0.6) is 0 Å². The smallest absolute Gasteiger partial charge is 0.293 e. The van der Waals surface area contributed by atoms with Crippen LogP contribution in [0.25, 0.3) is 0 Å². The SMILES string of the molecule is CC(OC=O)C1CCOCC1. The number of ether oxygens (including phenoxy) is 2. The van der Waals surface area contributed by atoms with Crippen LogP contribution in [0.2, 0.25) is 0 Å². The van der Waals surface area contributed by atoms with Gasteiger partial charge in [-0.1, -0.05) is 0 Å². The van der Waals surface area contributed by atoms with Crippen molar-refractivity contribution in [3.63, 3.8) is 0 Å². The summed E-state index contributed by atoms with van der Waals surface area (Å²) < 4.78 is 10.0. The third-order valence-corrected chi connectivity index (χ3v) is 2.20. The summed E-state index contributed by atoms with van der Waals surface area (Å²) in [6.07, 6.45) is 2.07. The Labute approximate surface area is 66.7 Å². The fourth-order valence-corrected chi connectivity index (χ4v) is 1.38. The van der Waals surface area contributed by atoms with Gasteiger partial charge in [0.2, 0.25) is 0 Å². The predicted molar refractivity (Wildman–Crippen MR) is 40.2 cm³/mol. The van der Waals surface area contributed by atoms with E-state index >= 15 is 0 Å². The van der Waals surface area contributed by atoms with Gasteiger partial charge in [-0.05, 0) is 19.8 Å². The van der Waals surface area contributed by atoms with Gasteiger partial charge in [0.05, 0.1) is 0 Å². The van der Waals surface area contributed by atoms with Crippen molar-refractivity contribution in [1.29, 1.82) is 0 Å². The van der Waals surface area contributed by atoms with Crippen LogP contribution in [0.3, 0.4) is 0 Å². The third kappa shape index (κ3) is 2.50. The Morgan fingerprint density at radius 3 is 2.73 bits per heavy atom. The van der Waals surface area contributed by atoms with Crippen LogP contribution in [-0.4, -0.2) is 25.8 Å². The maximum absolute atomic E-state index is 10.0. The van der Waals surface area contributed by atoms with Crippen LogP contribution in [0.4, 0.5) is 0 Å². The summed E-state index contributed by atoms with van der Waals surface area (Å²) in [6.45, 7) is 4.07. The summed E-state index contributed by atoms with van der Waals surface area (Å²) in [7, 11) is 0. The Morgan fingerprint density at radius 1 is 1.55 bits per heavy atom. The Balaban J connectivity index is 2.26. The fraction of sp³-hybridized carbons (Fsp3) is 0.875. The summed E-state index contributed by atoms with van der Waals surface area (Å²) in [4.78, 5) is 10.0. The molecule has 0 aliphatic carbocycles. The van der Waals surface area contributed by atoms with Crippen molar-refractivity contribution in [2.75, 3.05) is 13.2 Å². The molecule has 3 nitrogen and oxygen atoms in total. The number of carbonyl (C=O) groups excluding carboxylic acids is 1. The van der Waals surface area contributed by atoms with Crippen LogP contribution in [0.1, 0.15) is 19.8 Å². The molecule has 1 unspecified atom stereocenters. The molecule has 1 fully saturated rings. The van der Waals surface area contributed by atoms with Crippen molar-refractivity contribution in [2.45, 2.75) is 25.9 Å². The van der Waals surface area contributed by atoms with Crippen molar-refractivity contribution < 1.29 is 14.3 Å². The van der Waals surface area contributed by atoms with Gasteiger partial charge >= 0.3 is 0 Å². The van der Waals surface area contributed by atoms with Crippen molar-refractivity contribution in [2.24, 2.45) is 5.92 Å². The predicted octanol–water partition coefficient (Wildman–Crippen LogP) is 0.974. The number of hydrogen-bond donors (Lipinski definition) is 0. The standard InChI is InChI=1S/C8H14O3/c1-7(11-6-9)8-2-4-10-5-3-8/h6-8H,2-5H2,1H3. The van der Waals surface area contributed by atoms with E-state index in [1.54, 1.807) is 0 Å². The van der Waals surface area contributed by atoms with E-state index in [-0.39, 0.29) is 6.10 Å². The largest absolute Gasteiger partial charge is 0.465 e. The molecule has 1 atom stereocenters. The molecule has 0 saturated carbocycles. The molecule has 1 aliphatic heterocycles. The highest BCUT2D eigenvalue weighted by molar-refractivity contribution is 5.37. The molecule has 0 aromatic carbocycles. The summed E-state index contributed by atoms with van der Waals surface area (Å²) in [5, 5.41) is 0. The first-order valence-electron chi connectivity index (χ1n) is 4.01. The van der Waals surface area contributed by atoms with E-state index in [1.807, 2.05) is 6.92 Å². The van der Waals surface area contributed by atoms with E-state index in [1.165, 1.54) is 0 Å². The summed E-state index contributed by atoms with van der Waals surface area (Å²) in [5.74, 6) is 0.494. The van der Waals surface area contributed by atoms with Crippen LogP contribution >= 0.6 is 0 Å². The van der Waals surface area contributed by atoms with E-state index in [4.69, 9.17) is 9.47 Å². The van der Waals surface area contributed by atoms with Gasteiger partial charge in [0, 0.05) is 19.1 Å². The minimum Gasteiger partial charge on any atom is -0.465 e. The quantitative estimate of drug-likeness (QED) is 0.574. The van der Waals surface area contributed by atoms with Gasteiger partial charge in [-0.15, -0.1) is 0 Å². The third-order valence-electron chi connectivity index (χ3n) is 2.20. The molecule has 64 valence electrons. The molecule has 0 radical (unpaired) electrons. The topological polar surface area (TPSA) is 35.5 Å². The molecule has 0 spiro atoms. The zero-order valence-corrected chi connectivity index (χ0v) is 6.79. The van der Waals surface area contributed by atoms with Crippen molar-refractivity contribution in [3.05, 3.63) is 0 Å². The van der Waals surface area contributed by atoms with E-state index in [0.29, 0.717) is 12.4 Å². The molecule has 1 heterocycles. The summed E-state index contributed by atoms with van der Waals surface area (Å²) in [6, 6.07) is 0. The van der Waals surface area contributed by atoms with Gasteiger partial charge in [-0.2, -0.15) is 0 Å². The highest BCUT2D eigenvalue weighted by atomic mass is 16.5. The van der Waals surface area contributed by atoms with Gasteiger partial charge < -0.3 is 9.47 Å². The molecule has 1 aliphatic rings. The van der Waals surface area contributed by atoms with E-state index < -0.39 is 0 Å². The van der Waals surface area contributed by atoms with E-state index in [2.05, 4.69) is 0 Å². The molecule has 1 rings (SSSR count). The maximum Gasteiger partial charge on any atom is 0.293 e. The molecule has 3 heteroatoms. The highest BCUT2D eigenvalue weighted by Gasteiger charge is 2.20. The molecule has 0 N–H and O–H groups in total. The second-order valence-electron chi connectivity index (χ2n) is 2.89. The summed E-state index contributed by atoms with van der Waals surface area (Å²) in [5.41, 5.74) is 0. The minimum atomic E-state index is 0.0522. The van der Waals surface area contributed by atoms with Gasteiger partial charge in [0.1, 0.15) is 6.10 Å². The lowest BCUT2D eigenvalue weighted by atomic mass is 9.95. The van der Waals surface area contributed by atoms with E-state index in [0.717, 1.165) is 26.1 Å².